The number of hydrogen-bond donors (Lipinski definition) is 2. The zero-order chi connectivity index (χ0) is 16.8. The minimum atomic E-state index is -0.00416. The lowest BCUT2D eigenvalue weighted by Gasteiger charge is -2.14. The molecule has 1 aliphatic rings. The molecule has 2 N–H and O–H groups in total. The number of carbonyl (C=O) groups is 1. The molecule has 1 amide bonds. The zero-order valence-corrected chi connectivity index (χ0v) is 15.0. The van der Waals surface area contributed by atoms with Gasteiger partial charge in [-0.1, -0.05) is 42.5 Å². The van der Waals surface area contributed by atoms with Crippen molar-refractivity contribution in [2.45, 2.75) is 6.54 Å². The van der Waals surface area contributed by atoms with Crippen molar-refractivity contribution >= 4 is 23.6 Å². The van der Waals surface area contributed by atoms with Gasteiger partial charge >= 0.3 is 0 Å². The summed E-state index contributed by atoms with van der Waals surface area (Å²) in [5, 5.41) is 6.40. The average molecular weight is 359 g/mol. The van der Waals surface area contributed by atoms with Crippen LogP contribution in [-0.4, -0.2) is 48.4 Å². The molecule has 5 nitrogen and oxygen atoms in total. The second kappa shape index (κ2) is 9.08. The molecule has 2 aromatic rings. The maximum absolute atomic E-state index is 12.3. The van der Waals surface area contributed by atoms with E-state index in [2.05, 4.69) is 27.3 Å². The molecule has 0 spiro atoms. The molecule has 1 heterocycles. The minimum Gasteiger partial charge on any atom is -1.00 e. The molecule has 0 unspecified atom stereocenters. The first-order valence-corrected chi connectivity index (χ1v) is 8.17. The van der Waals surface area contributed by atoms with Gasteiger partial charge in [-0.25, -0.2) is 0 Å². The van der Waals surface area contributed by atoms with E-state index >= 15 is 0 Å². The molecule has 0 fully saturated rings. The van der Waals surface area contributed by atoms with Crippen molar-refractivity contribution in [2.24, 2.45) is 0 Å². The molecular formula is C19H23ClN4O. The predicted octanol–water partition coefficient (Wildman–Crippen LogP) is -0.773. The number of likely N-dealkylation sites (N-methyl/N-ethyl adjacent to an activating group) is 1. The first-order chi connectivity index (χ1) is 11.7. The molecule has 3 rings (SSSR count). The van der Waals surface area contributed by atoms with Crippen LogP contribution in [0.4, 0.5) is 11.4 Å². The number of anilines is 2. The van der Waals surface area contributed by atoms with Crippen LogP contribution < -0.4 is 23.0 Å². The zero-order valence-electron chi connectivity index (χ0n) is 14.3. The third-order valence-electron chi connectivity index (χ3n) is 3.97. The van der Waals surface area contributed by atoms with E-state index in [1.165, 1.54) is 5.56 Å². The topological polar surface area (TPSA) is 47.4 Å². The van der Waals surface area contributed by atoms with E-state index < -0.39 is 0 Å². The molecule has 0 saturated carbocycles. The van der Waals surface area contributed by atoms with Gasteiger partial charge in [-0.3, -0.25) is 14.3 Å². The molecule has 0 aliphatic carbocycles. The Labute approximate surface area is 154 Å². The highest BCUT2D eigenvalue weighted by atomic mass is 35.5. The van der Waals surface area contributed by atoms with Crippen molar-refractivity contribution < 1.29 is 21.8 Å². The maximum Gasteiger partial charge on any atom is 0.266 e. The van der Waals surface area contributed by atoms with Gasteiger partial charge in [0.2, 0.25) is 6.34 Å². The van der Waals surface area contributed by atoms with Gasteiger partial charge in [-0.15, -0.1) is 0 Å². The SMILES string of the molecule is C[N+]1=CN(CC(=O)Nc2ccccc2NCc2ccccc2)CC1.[Cl-]. The van der Waals surface area contributed by atoms with Gasteiger partial charge in [0, 0.05) is 6.54 Å². The molecule has 1 aliphatic heterocycles. The second-order valence-corrected chi connectivity index (χ2v) is 6.00. The van der Waals surface area contributed by atoms with Crippen molar-refractivity contribution in [3.8, 4) is 0 Å². The normalized spacial score (nSPS) is 13.0. The molecule has 0 radical (unpaired) electrons. The number of halogens is 1. The highest BCUT2D eigenvalue weighted by Crippen LogP contribution is 2.21. The molecule has 0 aromatic heterocycles. The lowest BCUT2D eigenvalue weighted by molar-refractivity contribution is -0.482. The number of para-hydroxylation sites is 2. The summed E-state index contributed by atoms with van der Waals surface area (Å²) < 4.78 is 2.09. The van der Waals surface area contributed by atoms with Crippen molar-refractivity contribution in [1.82, 2.24) is 4.90 Å². The van der Waals surface area contributed by atoms with Crippen LogP contribution in [0, 0.1) is 0 Å². The summed E-state index contributed by atoms with van der Waals surface area (Å²) in [5.74, 6) is -0.00416. The number of rotatable bonds is 6. The van der Waals surface area contributed by atoms with Crippen molar-refractivity contribution in [2.75, 3.05) is 37.3 Å². The highest BCUT2D eigenvalue weighted by molar-refractivity contribution is 5.96. The Hall–Kier alpha value is -2.53. The van der Waals surface area contributed by atoms with Gasteiger partial charge in [0.1, 0.15) is 13.1 Å². The summed E-state index contributed by atoms with van der Waals surface area (Å²) in [4.78, 5) is 14.3. The van der Waals surface area contributed by atoms with Gasteiger partial charge in [-0.2, -0.15) is 0 Å². The summed E-state index contributed by atoms with van der Waals surface area (Å²) in [6, 6.07) is 18.0. The van der Waals surface area contributed by atoms with Crippen LogP contribution in [0.2, 0.25) is 0 Å². The Bertz CT molecular complexity index is 733. The Morgan fingerprint density at radius 1 is 1.08 bits per heavy atom. The average Bonchev–Trinajstić information content (AvgIpc) is 3.00. The Morgan fingerprint density at radius 2 is 1.76 bits per heavy atom. The molecule has 132 valence electrons. The Morgan fingerprint density at radius 3 is 2.44 bits per heavy atom. The molecular weight excluding hydrogens is 336 g/mol. The lowest BCUT2D eigenvalue weighted by atomic mass is 10.2. The summed E-state index contributed by atoms with van der Waals surface area (Å²) in [7, 11) is 2.01. The van der Waals surface area contributed by atoms with E-state index in [9.17, 15) is 4.79 Å². The van der Waals surface area contributed by atoms with Crippen LogP contribution in [0.1, 0.15) is 5.56 Å². The van der Waals surface area contributed by atoms with Crippen LogP contribution in [0.5, 0.6) is 0 Å². The Kier molecular flexibility index (Phi) is 6.83. The van der Waals surface area contributed by atoms with Crippen molar-refractivity contribution in [3.63, 3.8) is 0 Å². The van der Waals surface area contributed by atoms with Gasteiger partial charge in [0.05, 0.1) is 18.4 Å². The molecule has 0 atom stereocenters. The molecule has 2 aromatic carbocycles. The monoisotopic (exact) mass is 358 g/mol. The summed E-state index contributed by atoms with van der Waals surface area (Å²) in [6.45, 7) is 2.94. The van der Waals surface area contributed by atoms with E-state index in [0.717, 1.165) is 31.0 Å². The first kappa shape index (κ1) is 18.8. The quantitative estimate of drug-likeness (QED) is 0.667. The van der Waals surface area contributed by atoms with Gasteiger partial charge in [0.25, 0.3) is 5.91 Å². The van der Waals surface area contributed by atoms with Crippen LogP contribution >= 0.6 is 0 Å². The standard InChI is InChI=1S/C19H22N4O.ClH/c1-22-11-12-23(15-22)14-19(24)21-18-10-6-5-9-17(18)20-13-16-7-3-2-4-8-16;/h2-10,15,20H,11-14H2,1H3;1H. The lowest BCUT2D eigenvalue weighted by Crippen LogP contribution is -3.00. The fraction of sp³-hybridized carbons (Fsp3) is 0.263. The number of benzene rings is 2. The summed E-state index contributed by atoms with van der Waals surface area (Å²) in [6.07, 6.45) is 1.99. The van der Waals surface area contributed by atoms with E-state index in [-0.39, 0.29) is 18.3 Å². The van der Waals surface area contributed by atoms with E-state index in [1.807, 2.05) is 60.8 Å². The number of carbonyl (C=O) groups excluding carboxylic acids is 1. The summed E-state index contributed by atoms with van der Waals surface area (Å²) in [5.41, 5.74) is 2.94. The van der Waals surface area contributed by atoms with Gasteiger partial charge in [0.15, 0.2) is 6.54 Å². The van der Waals surface area contributed by atoms with Crippen LogP contribution in [0.25, 0.3) is 0 Å². The third kappa shape index (κ3) is 5.50. The largest absolute Gasteiger partial charge is 1.00 e. The number of hydrogen-bond acceptors (Lipinski definition) is 3. The third-order valence-corrected chi connectivity index (χ3v) is 3.97. The first-order valence-electron chi connectivity index (χ1n) is 8.17. The van der Waals surface area contributed by atoms with Gasteiger partial charge in [-0.05, 0) is 17.7 Å². The number of amides is 1. The minimum absolute atomic E-state index is 0. The van der Waals surface area contributed by atoms with Crippen LogP contribution in [-0.2, 0) is 11.3 Å². The summed E-state index contributed by atoms with van der Waals surface area (Å²) >= 11 is 0. The second-order valence-electron chi connectivity index (χ2n) is 6.00. The molecule has 25 heavy (non-hydrogen) atoms. The maximum atomic E-state index is 12.3. The van der Waals surface area contributed by atoms with Crippen LogP contribution in [0.15, 0.2) is 54.6 Å². The molecule has 6 heteroatoms. The van der Waals surface area contributed by atoms with Crippen LogP contribution in [0.3, 0.4) is 0 Å². The smallest absolute Gasteiger partial charge is 0.266 e. The molecule has 0 bridgehead atoms. The fourth-order valence-electron chi connectivity index (χ4n) is 2.71. The predicted molar refractivity (Wildman–Crippen MR) is 97.5 cm³/mol. The highest BCUT2D eigenvalue weighted by Gasteiger charge is 2.20. The van der Waals surface area contributed by atoms with Crippen molar-refractivity contribution in [1.29, 1.82) is 0 Å². The van der Waals surface area contributed by atoms with Gasteiger partial charge < -0.3 is 23.0 Å². The van der Waals surface area contributed by atoms with E-state index in [0.29, 0.717) is 6.54 Å². The number of nitrogens with zero attached hydrogens (tertiary/aromatic N) is 2. The van der Waals surface area contributed by atoms with Crippen molar-refractivity contribution in [3.05, 3.63) is 60.2 Å². The number of nitrogens with one attached hydrogen (secondary N) is 2. The fourth-order valence-corrected chi connectivity index (χ4v) is 2.71. The van der Waals surface area contributed by atoms with E-state index in [4.69, 9.17) is 0 Å². The van der Waals surface area contributed by atoms with E-state index in [1.54, 1.807) is 0 Å². The Balaban J connectivity index is 0.00000225. The molecule has 0 saturated heterocycles.